The van der Waals surface area contributed by atoms with E-state index in [1.165, 1.54) is 0 Å². The fourth-order valence-electron chi connectivity index (χ4n) is 2.16. The van der Waals surface area contributed by atoms with Gasteiger partial charge in [0.05, 0.1) is 26.7 Å². The van der Waals surface area contributed by atoms with Gasteiger partial charge < -0.3 is 38.5 Å². The molecule has 0 saturated carbocycles. The summed E-state index contributed by atoms with van der Waals surface area (Å²) in [5.41, 5.74) is -2.41. The molecule has 1 aromatic rings. The summed E-state index contributed by atoms with van der Waals surface area (Å²) in [6.07, 6.45) is -4.27. The topological polar surface area (TPSA) is 255 Å². The predicted molar refractivity (Wildman–Crippen MR) is 76.8 cm³/mol. The van der Waals surface area contributed by atoms with Gasteiger partial charge >= 0.3 is 124 Å². The Hall–Kier alpha value is 2.94. The van der Waals surface area contributed by atoms with Crippen LogP contribution in [0.25, 0.3) is 0 Å². The van der Waals surface area contributed by atoms with Crippen molar-refractivity contribution < 1.29 is 179 Å². The van der Waals surface area contributed by atoms with Gasteiger partial charge in [0.15, 0.2) is 0 Å². The molecule has 33 heavy (non-hydrogen) atoms. The van der Waals surface area contributed by atoms with Crippen LogP contribution in [0.4, 0.5) is 4.39 Å². The number of ether oxygens (including phenoxy) is 1. The number of rotatable bonds is 8. The summed E-state index contributed by atoms with van der Waals surface area (Å²) >= 11 is 0. The van der Waals surface area contributed by atoms with Crippen molar-refractivity contribution in [3.63, 3.8) is 0 Å². The van der Waals surface area contributed by atoms with Crippen LogP contribution in [0.2, 0.25) is 0 Å². The van der Waals surface area contributed by atoms with E-state index in [2.05, 4.69) is 13.1 Å². The van der Waals surface area contributed by atoms with E-state index in [-0.39, 0.29) is 125 Å². The Balaban J connectivity index is -0.00000225. The zero-order chi connectivity index (χ0) is 22.2. The molecular formula is C9H10FN2Na4O14P3. The minimum Gasteiger partial charge on any atom is -0.790 e. The number of aliphatic hydroxyl groups excluding tert-OH is 1. The molecule has 16 nitrogen and oxygen atoms in total. The van der Waals surface area contributed by atoms with E-state index in [1.54, 1.807) is 4.98 Å². The first-order chi connectivity index (χ1) is 13.1. The third kappa shape index (κ3) is 13.5. The van der Waals surface area contributed by atoms with Crippen LogP contribution in [0.15, 0.2) is 15.8 Å². The molecule has 2 unspecified atom stereocenters. The number of aromatic nitrogens is 2. The number of hydrogen-bond donors (Lipinski definition) is 2. The van der Waals surface area contributed by atoms with Crippen molar-refractivity contribution in [2.45, 2.75) is 24.9 Å². The number of aliphatic hydroxyl groups is 1. The second kappa shape index (κ2) is 16.1. The molecule has 2 rings (SSSR count). The summed E-state index contributed by atoms with van der Waals surface area (Å²) in [6.45, 7) is -1.09. The molecule has 0 amide bonds. The van der Waals surface area contributed by atoms with Crippen molar-refractivity contribution in [2.75, 3.05) is 6.61 Å². The van der Waals surface area contributed by atoms with Crippen LogP contribution in [0.3, 0.4) is 0 Å². The number of aromatic amines is 1. The molecule has 1 aliphatic rings. The maximum atomic E-state index is 13.3. The third-order valence-corrected chi connectivity index (χ3v) is 6.90. The number of halogens is 1. The predicted octanol–water partition coefficient (Wildman–Crippen LogP) is -15.8. The summed E-state index contributed by atoms with van der Waals surface area (Å²) in [4.78, 5) is 67.2. The molecule has 1 fully saturated rings. The minimum atomic E-state index is -6.15. The van der Waals surface area contributed by atoms with Crippen molar-refractivity contribution in [3.8, 4) is 0 Å². The van der Waals surface area contributed by atoms with Gasteiger partial charge in [-0.1, -0.05) is 0 Å². The molecule has 1 aromatic heterocycles. The van der Waals surface area contributed by atoms with Gasteiger partial charge in [0, 0.05) is 6.42 Å². The smallest absolute Gasteiger partial charge is 0.790 e. The van der Waals surface area contributed by atoms with E-state index in [0.29, 0.717) is 10.8 Å². The average Bonchev–Trinajstić information content (AvgIpc) is 2.86. The van der Waals surface area contributed by atoms with E-state index in [0.717, 1.165) is 0 Å². The third-order valence-electron chi connectivity index (χ3n) is 3.24. The van der Waals surface area contributed by atoms with Gasteiger partial charge in [-0.2, -0.15) is 4.39 Å². The van der Waals surface area contributed by atoms with Gasteiger partial charge in [-0.3, -0.25) is 27.8 Å². The number of H-pyrrole nitrogens is 1. The van der Waals surface area contributed by atoms with Crippen molar-refractivity contribution in [1.82, 2.24) is 9.55 Å². The largest absolute Gasteiger partial charge is 1.00 e. The van der Waals surface area contributed by atoms with E-state index in [4.69, 9.17) is 4.74 Å². The first-order valence-electron chi connectivity index (χ1n) is 7.14. The van der Waals surface area contributed by atoms with E-state index < -0.39 is 65.6 Å². The summed E-state index contributed by atoms with van der Waals surface area (Å²) in [7, 11) is -18.1. The van der Waals surface area contributed by atoms with Gasteiger partial charge in [0.25, 0.3) is 21.2 Å². The van der Waals surface area contributed by atoms with Gasteiger partial charge in [0.1, 0.15) is 12.3 Å². The Kier molecular flexibility index (Phi) is 19.8. The Morgan fingerprint density at radius 2 is 1.64 bits per heavy atom. The Morgan fingerprint density at radius 3 is 2.15 bits per heavy atom. The quantitative estimate of drug-likeness (QED) is 0.216. The monoisotopic (exact) mass is 574 g/mol. The van der Waals surface area contributed by atoms with Crippen LogP contribution < -0.4 is 149 Å². The normalized spacial score (nSPS) is 23.5. The van der Waals surface area contributed by atoms with Gasteiger partial charge in [-0.05, 0) is 0 Å². The number of nitrogens with one attached hydrogen (secondary N) is 1. The molecule has 24 heteroatoms. The fourth-order valence-corrected chi connectivity index (χ4v) is 5.02. The number of hydrogen-bond acceptors (Lipinski definition) is 14. The van der Waals surface area contributed by atoms with Crippen molar-refractivity contribution in [1.29, 1.82) is 0 Å². The van der Waals surface area contributed by atoms with Gasteiger partial charge in [0.2, 0.25) is 5.82 Å². The first kappa shape index (κ1) is 40.4. The number of phosphoric acid groups is 3. The molecule has 166 valence electrons. The standard InChI is InChI=1S/C9H14FN2O14P3.4Na/c10-4-2-12(9(15)11-8(4)14)7-1-5(13)6(24-7)3-23-28(19,20)26-29(21,22)25-27(16,17)18;;;;/h2,5-7,13H,1,3H2,(H,19,20)(H,21,22)(H,11,14,15)(H2,16,17,18);;;;/q;4*+1/p-4/t5-,6+,7+;;;;/m0..../s1. The number of phosphoric ester groups is 1. The molecule has 2 N–H and O–H groups in total. The van der Waals surface area contributed by atoms with Crippen LogP contribution in [0.1, 0.15) is 12.6 Å². The van der Waals surface area contributed by atoms with Crippen molar-refractivity contribution >= 4 is 23.5 Å². The van der Waals surface area contributed by atoms with Crippen LogP contribution in [0.5, 0.6) is 0 Å². The molecule has 5 atom stereocenters. The SMILES string of the molecule is O=c1[nH]c(=O)n([C@H]2C[C@H](O)[C@@H](COP(=O)([O-])OP(=O)([O-])OP(=O)([O-])[O-])O2)cc1F.[Na+].[Na+].[Na+].[Na+]. The fraction of sp³-hybridized carbons (Fsp3) is 0.556. The molecular weight excluding hydrogens is 564 g/mol. The van der Waals surface area contributed by atoms with Crippen molar-refractivity contribution in [2.24, 2.45) is 0 Å². The molecule has 0 radical (unpaired) electrons. The van der Waals surface area contributed by atoms with E-state index >= 15 is 0 Å². The Labute approximate surface area is 272 Å². The molecule has 0 aliphatic carbocycles. The van der Waals surface area contributed by atoms with Crippen LogP contribution >= 0.6 is 23.5 Å². The van der Waals surface area contributed by atoms with Gasteiger partial charge in [-0.15, -0.1) is 0 Å². The zero-order valence-corrected chi connectivity index (χ0v) is 28.3. The molecule has 1 aliphatic heterocycles. The summed E-state index contributed by atoms with van der Waals surface area (Å²) in [5.74, 6) is -1.35. The Morgan fingerprint density at radius 1 is 1.09 bits per heavy atom. The number of nitrogens with zero attached hydrogens (tertiary/aromatic N) is 1. The molecule has 1 saturated heterocycles. The van der Waals surface area contributed by atoms with Crippen LogP contribution in [0, 0.1) is 5.82 Å². The second-order valence-electron chi connectivity index (χ2n) is 5.38. The summed E-state index contributed by atoms with van der Waals surface area (Å²) in [6, 6.07) is 0. The first-order valence-corrected chi connectivity index (χ1v) is 11.5. The molecule has 0 aromatic carbocycles. The second-order valence-corrected chi connectivity index (χ2v) is 9.62. The molecule has 2 heterocycles. The summed E-state index contributed by atoms with van der Waals surface area (Å²) in [5, 5.41) is 9.84. The zero-order valence-electron chi connectivity index (χ0n) is 17.6. The van der Waals surface area contributed by atoms with E-state index in [9.17, 15) is 52.4 Å². The average molecular weight is 574 g/mol. The summed E-state index contributed by atoms with van der Waals surface area (Å²) < 4.78 is 62.1. The maximum absolute atomic E-state index is 13.3. The molecule has 0 spiro atoms. The Bertz CT molecular complexity index is 1030. The molecule has 0 bridgehead atoms. The van der Waals surface area contributed by atoms with Crippen LogP contribution in [-0.4, -0.2) is 33.5 Å². The maximum Gasteiger partial charge on any atom is 1.00 e. The van der Waals surface area contributed by atoms with Crippen LogP contribution in [-0.2, 0) is 31.6 Å². The van der Waals surface area contributed by atoms with Gasteiger partial charge in [-0.25, -0.2) is 9.11 Å². The van der Waals surface area contributed by atoms with Crippen molar-refractivity contribution in [3.05, 3.63) is 32.9 Å². The minimum absolute atomic E-state index is 0. The van der Waals surface area contributed by atoms with E-state index in [1.807, 2.05) is 0 Å².